The molecule has 1 atom stereocenters. The standard InChI is InChI=1S/C13H19BrN2O3/c1-5-16-7-8(14)6-9(16)11(17)15-10(12(18)19)13(2,3)4/h6-7,10H,5H2,1-4H3,(H,15,17)(H,18,19)/t10-/m1/s1. The van der Waals surface area contributed by atoms with Crippen LogP contribution in [0.1, 0.15) is 38.2 Å². The summed E-state index contributed by atoms with van der Waals surface area (Å²) in [4.78, 5) is 23.4. The minimum absolute atomic E-state index is 0.380. The van der Waals surface area contributed by atoms with E-state index < -0.39 is 17.4 Å². The van der Waals surface area contributed by atoms with Crippen molar-refractivity contribution >= 4 is 27.8 Å². The van der Waals surface area contributed by atoms with Crippen LogP contribution in [0.4, 0.5) is 0 Å². The Labute approximate surface area is 121 Å². The van der Waals surface area contributed by atoms with Crippen molar-refractivity contribution in [2.45, 2.75) is 40.3 Å². The van der Waals surface area contributed by atoms with Crippen molar-refractivity contribution < 1.29 is 14.7 Å². The summed E-state index contributed by atoms with van der Waals surface area (Å²) in [6.07, 6.45) is 1.79. The molecule has 0 saturated heterocycles. The van der Waals surface area contributed by atoms with Crippen molar-refractivity contribution in [3.8, 4) is 0 Å². The Kier molecular flexibility index (Phi) is 4.79. The highest BCUT2D eigenvalue weighted by Crippen LogP contribution is 2.21. The molecular formula is C13H19BrN2O3. The maximum atomic E-state index is 12.2. The number of amides is 1. The van der Waals surface area contributed by atoms with E-state index >= 15 is 0 Å². The molecule has 19 heavy (non-hydrogen) atoms. The average molecular weight is 331 g/mol. The number of aryl methyl sites for hydroxylation is 1. The molecule has 0 saturated carbocycles. The first-order chi connectivity index (χ1) is 8.66. The molecule has 0 unspecified atom stereocenters. The predicted molar refractivity (Wildman–Crippen MR) is 76.2 cm³/mol. The molecule has 0 aromatic carbocycles. The van der Waals surface area contributed by atoms with Gasteiger partial charge in [-0.05, 0) is 34.3 Å². The lowest BCUT2D eigenvalue weighted by atomic mass is 9.86. The predicted octanol–water partition coefficient (Wildman–Crippen LogP) is 2.50. The summed E-state index contributed by atoms with van der Waals surface area (Å²) in [7, 11) is 0. The van der Waals surface area contributed by atoms with Crippen molar-refractivity contribution in [3.63, 3.8) is 0 Å². The van der Waals surface area contributed by atoms with E-state index in [1.165, 1.54) is 0 Å². The van der Waals surface area contributed by atoms with Crippen LogP contribution in [0.15, 0.2) is 16.7 Å². The Hall–Kier alpha value is -1.30. The Morgan fingerprint density at radius 1 is 1.47 bits per heavy atom. The van der Waals surface area contributed by atoms with Gasteiger partial charge < -0.3 is 15.0 Å². The first kappa shape index (κ1) is 15.8. The highest BCUT2D eigenvalue weighted by Gasteiger charge is 2.33. The Morgan fingerprint density at radius 2 is 2.05 bits per heavy atom. The first-order valence-corrected chi connectivity index (χ1v) is 6.85. The molecule has 0 radical (unpaired) electrons. The summed E-state index contributed by atoms with van der Waals surface area (Å²) in [5.41, 5.74) is -0.104. The van der Waals surface area contributed by atoms with Crippen molar-refractivity contribution in [1.29, 1.82) is 0 Å². The summed E-state index contributed by atoms with van der Waals surface area (Å²) < 4.78 is 2.56. The molecule has 106 valence electrons. The van der Waals surface area contributed by atoms with E-state index in [9.17, 15) is 14.7 Å². The highest BCUT2D eigenvalue weighted by molar-refractivity contribution is 9.10. The zero-order valence-corrected chi connectivity index (χ0v) is 13.1. The molecule has 0 spiro atoms. The van der Waals surface area contributed by atoms with Crippen molar-refractivity contribution in [2.75, 3.05) is 0 Å². The van der Waals surface area contributed by atoms with E-state index in [-0.39, 0.29) is 5.91 Å². The summed E-state index contributed by atoms with van der Waals surface area (Å²) in [6, 6.07) is 0.749. The van der Waals surface area contributed by atoms with Crippen molar-refractivity contribution in [3.05, 3.63) is 22.4 Å². The Balaban J connectivity index is 2.97. The third-order valence-electron chi connectivity index (χ3n) is 2.82. The molecule has 1 heterocycles. The van der Waals surface area contributed by atoms with Gasteiger partial charge in [0.25, 0.3) is 5.91 Å². The molecule has 1 aromatic rings. The molecule has 0 aliphatic carbocycles. The fraction of sp³-hybridized carbons (Fsp3) is 0.538. The van der Waals surface area contributed by atoms with Gasteiger partial charge in [0.2, 0.25) is 0 Å². The normalized spacial score (nSPS) is 13.1. The number of halogens is 1. The second kappa shape index (κ2) is 5.77. The number of aliphatic carboxylic acids is 1. The summed E-state index contributed by atoms with van der Waals surface area (Å²) in [5, 5.41) is 11.8. The molecule has 5 nitrogen and oxygen atoms in total. The number of hydrogen-bond donors (Lipinski definition) is 2. The van der Waals surface area contributed by atoms with E-state index in [0.717, 1.165) is 4.47 Å². The van der Waals surface area contributed by atoms with Crippen LogP contribution >= 0.6 is 15.9 Å². The van der Waals surface area contributed by atoms with Gasteiger partial charge in [-0.3, -0.25) is 4.79 Å². The topological polar surface area (TPSA) is 71.3 Å². The number of hydrogen-bond acceptors (Lipinski definition) is 2. The van der Waals surface area contributed by atoms with Gasteiger partial charge in [0.1, 0.15) is 11.7 Å². The molecule has 1 aromatic heterocycles. The molecule has 0 aliphatic heterocycles. The quantitative estimate of drug-likeness (QED) is 0.890. The van der Waals surface area contributed by atoms with Crippen LogP contribution < -0.4 is 5.32 Å². The minimum Gasteiger partial charge on any atom is -0.480 e. The lowest BCUT2D eigenvalue weighted by Crippen LogP contribution is -2.49. The fourth-order valence-electron chi connectivity index (χ4n) is 1.78. The average Bonchev–Trinajstić information content (AvgIpc) is 2.65. The van der Waals surface area contributed by atoms with Crippen LogP contribution in [-0.2, 0) is 11.3 Å². The van der Waals surface area contributed by atoms with Gasteiger partial charge in [-0.2, -0.15) is 0 Å². The third-order valence-corrected chi connectivity index (χ3v) is 3.26. The van der Waals surface area contributed by atoms with Gasteiger partial charge >= 0.3 is 5.97 Å². The van der Waals surface area contributed by atoms with Crippen LogP contribution in [0, 0.1) is 5.41 Å². The van der Waals surface area contributed by atoms with Crippen molar-refractivity contribution in [1.82, 2.24) is 9.88 Å². The molecule has 6 heteroatoms. The number of carboxylic acids is 1. The van der Waals surface area contributed by atoms with Crippen molar-refractivity contribution in [2.24, 2.45) is 5.41 Å². The maximum absolute atomic E-state index is 12.2. The van der Waals surface area contributed by atoms with Crippen LogP contribution in [0.5, 0.6) is 0 Å². The smallest absolute Gasteiger partial charge is 0.326 e. The Bertz CT molecular complexity index is 489. The number of rotatable bonds is 4. The highest BCUT2D eigenvalue weighted by atomic mass is 79.9. The second-order valence-corrected chi connectivity index (χ2v) is 6.36. The lowest BCUT2D eigenvalue weighted by Gasteiger charge is -2.27. The van der Waals surface area contributed by atoms with Crippen LogP contribution in [-0.4, -0.2) is 27.6 Å². The van der Waals surface area contributed by atoms with Crippen LogP contribution in [0.3, 0.4) is 0 Å². The molecule has 0 bridgehead atoms. The number of nitrogens with one attached hydrogen (secondary N) is 1. The number of aromatic nitrogens is 1. The van der Waals surface area contributed by atoms with E-state index in [1.54, 1.807) is 37.6 Å². The molecule has 0 aliphatic rings. The fourth-order valence-corrected chi connectivity index (χ4v) is 2.24. The van der Waals surface area contributed by atoms with Crippen LogP contribution in [0.2, 0.25) is 0 Å². The van der Waals surface area contributed by atoms with Crippen LogP contribution in [0.25, 0.3) is 0 Å². The van der Waals surface area contributed by atoms with E-state index in [4.69, 9.17) is 0 Å². The van der Waals surface area contributed by atoms with Gasteiger partial charge in [0, 0.05) is 17.2 Å². The molecule has 0 fully saturated rings. The van der Waals surface area contributed by atoms with E-state index in [2.05, 4.69) is 21.2 Å². The summed E-state index contributed by atoms with van der Waals surface area (Å²) in [5.74, 6) is -1.41. The van der Waals surface area contributed by atoms with Gasteiger partial charge in [-0.15, -0.1) is 0 Å². The van der Waals surface area contributed by atoms with E-state index in [1.807, 2.05) is 6.92 Å². The largest absolute Gasteiger partial charge is 0.480 e. The molecular weight excluding hydrogens is 312 g/mol. The number of carbonyl (C=O) groups excluding carboxylic acids is 1. The maximum Gasteiger partial charge on any atom is 0.326 e. The molecule has 2 N–H and O–H groups in total. The number of carbonyl (C=O) groups is 2. The molecule has 1 rings (SSSR count). The summed E-state index contributed by atoms with van der Waals surface area (Å²) in [6.45, 7) is 7.89. The molecule has 1 amide bonds. The third kappa shape index (κ3) is 3.83. The van der Waals surface area contributed by atoms with Gasteiger partial charge in [-0.25, -0.2) is 4.79 Å². The van der Waals surface area contributed by atoms with Gasteiger partial charge in [0.15, 0.2) is 0 Å². The zero-order chi connectivity index (χ0) is 14.8. The van der Waals surface area contributed by atoms with Gasteiger partial charge in [-0.1, -0.05) is 20.8 Å². The Morgan fingerprint density at radius 3 is 2.47 bits per heavy atom. The summed E-state index contributed by atoms with van der Waals surface area (Å²) >= 11 is 3.31. The van der Waals surface area contributed by atoms with E-state index in [0.29, 0.717) is 12.2 Å². The number of nitrogens with zero attached hydrogens (tertiary/aromatic N) is 1. The lowest BCUT2D eigenvalue weighted by molar-refractivity contribution is -0.142. The number of carboxylic acid groups (broad SMARTS) is 1. The first-order valence-electron chi connectivity index (χ1n) is 6.06. The second-order valence-electron chi connectivity index (χ2n) is 5.44. The monoisotopic (exact) mass is 330 g/mol. The minimum atomic E-state index is -1.03. The van der Waals surface area contributed by atoms with Gasteiger partial charge in [0.05, 0.1) is 0 Å². The zero-order valence-electron chi connectivity index (χ0n) is 11.5. The SMILES string of the molecule is CCn1cc(Br)cc1C(=O)N[C@H](C(=O)O)C(C)(C)C.